The maximum Gasteiger partial charge on any atom is 0.228 e. The Kier molecular flexibility index (Phi) is 6.59. The third kappa shape index (κ3) is 4.88. The molecule has 36 heavy (non-hydrogen) atoms. The zero-order chi connectivity index (χ0) is 25.8. The Morgan fingerprint density at radius 1 is 1.14 bits per heavy atom. The second kappa shape index (κ2) is 9.42. The van der Waals surface area contributed by atoms with E-state index in [1.807, 2.05) is 37.2 Å². The Morgan fingerprint density at radius 2 is 1.89 bits per heavy atom. The van der Waals surface area contributed by atoms with Crippen molar-refractivity contribution in [2.24, 2.45) is 5.92 Å². The zero-order valence-electron chi connectivity index (χ0n) is 20.1. The van der Waals surface area contributed by atoms with E-state index in [-0.39, 0.29) is 16.7 Å². The van der Waals surface area contributed by atoms with Crippen molar-refractivity contribution < 1.29 is 17.6 Å². The molecule has 1 aromatic carbocycles. The normalized spacial score (nSPS) is 14.1. The van der Waals surface area contributed by atoms with Gasteiger partial charge in [0, 0.05) is 23.8 Å². The van der Waals surface area contributed by atoms with Crippen LogP contribution in [0.5, 0.6) is 0 Å². The van der Waals surface area contributed by atoms with Gasteiger partial charge in [0.15, 0.2) is 15.5 Å². The van der Waals surface area contributed by atoms with E-state index in [0.29, 0.717) is 46.1 Å². The average Bonchev–Trinajstić information content (AvgIpc) is 3.53. The van der Waals surface area contributed by atoms with Gasteiger partial charge in [-0.05, 0) is 85.5 Å². The lowest BCUT2D eigenvalue weighted by Gasteiger charge is -2.14. The highest BCUT2D eigenvalue weighted by molar-refractivity contribution is 14.2. The highest BCUT2D eigenvalue weighted by atomic mass is 127. The molecule has 1 atom stereocenters. The highest BCUT2D eigenvalue weighted by Gasteiger charge is 2.30. The summed E-state index contributed by atoms with van der Waals surface area (Å²) < 4.78 is 33.4. The molecular weight excluding hydrogens is 612 g/mol. The predicted octanol–water partition coefficient (Wildman–Crippen LogP) is 5.90. The molecule has 0 spiro atoms. The number of halogens is 1. The number of fused-ring (bicyclic) bond motifs is 1. The van der Waals surface area contributed by atoms with E-state index in [4.69, 9.17) is 4.42 Å². The first kappa shape index (κ1) is 25.2. The number of hydrogen-bond donors (Lipinski definition) is 2. The number of amides is 1. The molecule has 1 saturated carbocycles. The Hall–Kier alpha value is -2.50. The minimum absolute atomic E-state index is 0.0232. The Balaban J connectivity index is 1.62. The lowest BCUT2D eigenvalue weighted by Crippen LogP contribution is -2.14. The van der Waals surface area contributed by atoms with Crippen LogP contribution in [0.1, 0.15) is 30.0 Å². The van der Waals surface area contributed by atoms with Gasteiger partial charge < -0.3 is 15.1 Å². The topological polar surface area (TPSA) is 119 Å². The first-order chi connectivity index (χ1) is 17.0. The second-order valence-corrected chi connectivity index (χ2v) is 13.1. The molecule has 12 heteroatoms. The number of nitrogens with zero attached hydrogens (tertiary/aromatic N) is 3. The molecule has 1 unspecified atom stereocenters. The summed E-state index contributed by atoms with van der Waals surface area (Å²) in [5, 5.41) is 6.17. The molecule has 9 nitrogen and oxygen atoms in total. The quantitative estimate of drug-likeness (QED) is 0.191. The van der Waals surface area contributed by atoms with E-state index in [0.717, 1.165) is 30.0 Å². The molecule has 3 aromatic heterocycles. The van der Waals surface area contributed by atoms with E-state index in [2.05, 4.69) is 42.6 Å². The Bertz CT molecular complexity index is 1630. The van der Waals surface area contributed by atoms with Gasteiger partial charge >= 0.3 is 0 Å². The third-order valence-corrected chi connectivity index (χ3v) is 9.31. The van der Waals surface area contributed by atoms with Crippen LogP contribution >= 0.6 is 28.4 Å². The molecule has 4 aromatic rings. The number of furan rings is 1. The number of sulfone groups is 1. The van der Waals surface area contributed by atoms with Gasteiger partial charge in [0.25, 0.3) is 0 Å². The number of rotatable bonds is 7. The first-order valence-electron chi connectivity index (χ1n) is 11.3. The van der Waals surface area contributed by atoms with Crippen molar-refractivity contribution in [3.8, 4) is 11.3 Å². The fourth-order valence-corrected chi connectivity index (χ4v) is 7.14. The van der Waals surface area contributed by atoms with Crippen molar-refractivity contribution in [3.63, 3.8) is 0 Å². The van der Waals surface area contributed by atoms with Crippen molar-refractivity contribution in [3.05, 3.63) is 47.5 Å². The summed E-state index contributed by atoms with van der Waals surface area (Å²) in [6.45, 7) is 5.68. The van der Waals surface area contributed by atoms with Gasteiger partial charge in [-0.1, -0.05) is 0 Å². The summed E-state index contributed by atoms with van der Waals surface area (Å²) in [5.41, 5.74) is 3.79. The van der Waals surface area contributed by atoms with Crippen molar-refractivity contribution in [2.75, 3.05) is 16.9 Å². The summed E-state index contributed by atoms with van der Waals surface area (Å²) in [6.07, 6.45) is 3.29. The number of imidazole rings is 1. The Morgan fingerprint density at radius 3 is 2.50 bits per heavy atom. The van der Waals surface area contributed by atoms with Gasteiger partial charge in [-0.25, -0.2) is 18.4 Å². The highest BCUT2D eigenvalue weighted by Crippen LogP contribution is 2.38. The first-order valence-corrected chi connectivity index (χ1v) is 17.3. The van der Waals surface area contributed by atoms with Crippen molar-refractivity contribution in [1.29, 1.82) is 0 Å². The molecule has 0 bridgehead atoms. The average molecular weight is 637 g/mol. The van der Waals surface area contributed by atoms with E-state index in [9.17, 15) is 13.2 Å². The lowest BCUT2D eigenvalue weighted by molar-refractivity contribution is -0.117. The van der Waals surface area contributed by atoms with Crippen molar-refractivity contribution in [2.45, 2.75) is 38.5 Å². The number of nitrogens with one attached hydrogen (secondary N) is 2. The van der Waals surface area contributed by atoms with Crippen molar-refractivity contribution >= 4 is 72.5 Å². The van der Waals surface area contributed by atoms with Crippen LogP contribution < -0.4 is 10.6 Å². The monoisotopic (exact) mass is 637 g/mol. The van der Waals surface area contributed by atoms with E-state index in [1.54, 1.807) is 18.2 Å². The number of aromatic nitrogens is 3. The van der Waals surface area contributed by atoms with Gasteiger partial charge in [0.1, 0.15) is 28.7 Å². The number of benzene rings is 1. The number of anilines is 3. The molecule has 3 heterocycles. The molecule has 1 amide bonds. The fourth-order valence-electron chi connectivity index (χ4n) is 4.14. The molecule has 188 valence electrons. The molecular formula is C24H25IN5O4PS. The fraction of sp³-hybridized carbons (Fsp3) is 0.292. The van der Waals surface area contributed by atoms with Crippen LogP contribution in [0.4, 0.5) is 17.2 Å². The van der Waals surface area contributed by atoms with Crippen LogP contribution in [0.15, 0.2) is 39.6 Å². The van der Waals surface area contributed by atoms with E-state index >= 15 is 0 Å². The Labute approximate surface area is 223 Å². The number of hydrogen-bond acceptors (Lipinski definition) is 7. The van der Waals surface area contributed by atoms with E-state index < -0.39 is 9.84 Å². The molecule has 0 saturated heterocycles. The molecule has 1 fully saturated rings. The number of pyridine rings is 1. The molecule has 0 radical (unpaired) electrons. The van der Waals surface area contributed by atoms with Crippen LogP contribution in [0, 0.1) is 26.7 Å². The van der Waals surface area contributed by atoms with Crippen LogP contribution in [0.3, 0.4) is 0 Å². The van der Waals surface area contributed by atoms with E-state index in [1.165, 1.54) is 6.26 Å². The predicted molar refractivity (Wildman–Crippen MR) is 151 cm³/mol. The van der Waals surface area contributed by atoms with Gasteiger partial charge in [-0.3, -0.25) is 9.13 Å². The largest absolute Gasteiger partial charge is 0.461 e. The van der Waals surface area contributed by atoms with Gasteiger partial charge in [0.2, 0.25) is 5.91 Å². The minimum Gasteiger partial charge on any atom is -0.461 e. The maximum absolute atomic E-state index is 12.8. The minimum atomic E-state index is -3.60. The van der Waals surface area contributed by atoms with Gasteiger partial charge in [-0.15, -0.1) is 0 Å². The molecule has 1 aliphatic rings. The third-order valence-electron chi connectivity index (χ3n) is 6.02. The van der Waals surface area contributed by atoms with Crippen LogP contribution in [0.2, 0.25) is 0 Å². The summed E-state index contributed by atoms with van der Waals surface area (Å²) in [6, 6.07) is 8.79. The summed E-state index contributed by atoms with van der Waals surface area (Å²) >= 11 is 2.26. The number of aryl methyl sites for hydroxylation is 3. The van der Waals surface area contributed by atoms with Crippen LogP contribution in [-0.2, 0) is 14.6 Å². The summed E-state index contributed by atoms with van der Waals surface area (Å²) in [4.78, 5) is 21.9. The number of carbonyl (C=O) groups is 1. The van der Waals surface area contributed by atoms with Crippen molar-refractivity contribution in [1.82, 2.24) is 14.3 Å². The SMILES string of the molecule is Cc1cc(C)c(-c2ccc(Nc3cc(NC(=O)C4CC4)nc4c3nc(C)n4PI)c(S(C)(=O)=O)c2)o1. The maximum atomic E-state index is 12.8. The summed E-state index contributed by atoms with van der Waals surface area (Å²) in [7, 11) is -3.60. The second-order valence-electron chi connectivity index (χ2n) is 9.05. The standard InChI is InChI=1S/C24H25IN5O4PS/c1-12-9-13(2)34-22(12)16-7-8-17(19(10-16)36(4,32)33)27-18-11-20(29-24(31)15-5-6-15)28-23-21(18)26-14(3)30(23)35-25/h7-11,15,35H,5-6H2,1-4H3,(H2,27,28,29,31). The molecule has 2 N–H and O–H groups in total. The van der Waals surface area contributed by atoms with Gasteiger partial charge in [-0.2, -0.15) is 0 Å². The van der Waals surface area contributed by atoms with Crippen LogP contribution in [0.25, 0.3) is 22.5 Å². The van der Waals surface area contributed by atoms with Gasteiger partial charge in [0.05, 0.1) is 22.6 Å². The molecule has 1 aliphatic carbocycles. The number of carbonyl (C=O) groups excluding carboxylic acids is 1. The molecule has 0 aliphatic heterocycles. The van der Waals surface area contributed by atoms with Crippen LogP contribution in [-0.4, -0.2) is 34.9 Å². The smallest absolute Gasteiger partial charge is 0.228 e. The summed E-state index contributed by atoms with van der Waals surface area (Å²) in [5.74, 6) is 2.54. The lowest BCUT2D eigenvalue weighted by atomic mass is 10.1. The molecule has 5 rings (SSSR count). The zero-order valence-corrected chi connectivity index (χ0v) is 24.1.